The average Bonchev–Trinajstić information content (AvgIpc) is 2.06. The summed E-state index contributed by atoms with van der Waals surface area (Å²) in [6, 6.07) is 3.54. The number of rotatable bonds is 2. The summed E-state index contributed by atoms with van der Waals surface area (Å²) < 4.78 is 22.9. The molecule has 15 heavy (non-hydrogen) atoms. The summed E-state index contributed by atoms with van der Waals surface area (Å²) in [5.41, 5.74) is 3.36. The van der Waals surface area contributed by atoms with E-state index in [1.165, 1.54) is 11.8 Å². The van der Waals surface area contributed by atoms with E-state index in [0.29, 0.717) is 10.8 Å². The molecule has 0 bridgehead atoms. The van der Waals surface area contributed by atoms with E-state index in [9.17, 15) is 8.42 Å². The predicted molar refractivity (Wildman–Crippen MR) is 63.1 cm³/mol. The van der Waals surface area contributed by atoms with E-state index in [2.05, 4.69) is 13.8 Å². The summed E-state index contributed by atoms with van der Waals surface area (Å²) in [7, 11) is -3.10. The van der Waals surface area contributed by atoms with Gasteiger partial charge in [0.1, 0.15) is 0 Å². The maximum atomic E-state index is 11.5. The fraction of sp³-hybridized carbons (Fsp3) is 0.500. The van der Waals surface area contributed by atoms with Crippen LogP contribution >= 0.6 is 0 Å². The molecule has 3 heteroatoms. The number of hydrogen-bond acceptors (Lipinski definition) is 2. The maximum Gasteiger partial charge on any atom is 0.175 e. The Morgan fingerprint density at radius 2 is 1.67 bits per heavy atom. The van der Waals surface area contributed by atoms with Gasteiger partial charge in [0.05, 0.1) is 4.90 Å². The predicted octanol–water partition coefficient (Wildman–Crippen LogP) is 2.83. The standard InChI is InChI=1S/C12H18O2S/c1-8(2)12-7-11(15(5,13)14)6-9(3)10(12)4/h6-8H,1-5H3. The molecule has 0 saturated heterocycles. The molecule has 0 aliphatic carbocycles. The first kappa shape index (κ1) is 12.2. The molecule has 0 N–H and O–H groups in total. The van der Waals surface area contributed by atoms with E-state index in [0.717, 1.165) is 11.1 Å². The molecule has 2 nitrogen and oxygen atoms in total. The molecular formula is C12H18O2S. The minimum Gasteiger partial charge on any atom is -0.224 e. The number of sulfone groups is 1. The van der Waals surface area contributed by atoms with Crippen molar-refractivity contribution in [3.63, 3.8) is 0 Å². The van der Waals surface area contributed by atoms with Crippen LogP contribution in [0, 0.1) is 13.8 Å². The Hall–Kier alpha value is -0.830. The van der Waals surface area contributed by atoms with Gasteiger partial charge in [-0.25, -0.2) is 8.42 Å². The highest BCUT2D eigenvalue weighted by molar-refractivity contribution is 7.90. The van der Waals surface area contributed by atoms with Gasteiger partial charge in [0.25, 0.3) is 0 Å². The van der Waals surface area contributed by atoms with Crippen molar-refractivity contribution in [2.45, 2.75) is 38.5 Å². The molecule has 0 saturated carbocycles. The molecule has 0 spiro atoms. The molecule has 0 atom stereocenters. The summed E-state index contributed by atoms with van der Waals surface area (Å²) in [5, 5.41) is 0. The molecule has 1 rings (SSSR count). The highest BCUT2D eigenvalue weighted by atomic mass is 32.2. The first-order chi connectivity index (χ1) is 6.73. The largest absolute Gasteiger partial charge is 0.224 e. The van der Waals surface area contributed by atoms with Crippen LogP contribution in [0.3, 0.4) is 0 Å². The van der Waals surface area contributed by atoms with Crippen LogP contribution in [-0.2, 0) is 9.84 Å². The highest BCUT2D eigenvalue weighted by Crippen LogP contribution is 2.25. The van der Waals surface area contributed by atoms with E-state index in [4.69, 9.17) is 0 Å². The van der Waals surface area contributed by atoms with Gasteiger partial charge in [-0.3, -0.25) is 0 Å². The molecular weight excluding hydrogens is 208 g/mol. The van der Waals surface area contributed by atoms with Gasteiger partial charge in [0.2, 0.25) is 0 Å². The van der Waals surface area contributed by atoms with Gasteiger partial charge in [-0.1, -0.05) is 13.8 Å². The van der Waals surface area contributed by atoms with Gasteiger partial charge < -0.3 is 0 Å². The van der Waals surface area contributed by atoms with Crippen molar-refractivity contribution < 1.29 is 8.42 Å². The minimum absolute atomic E-state index is 0.352. The average molecular weight is 226 g/mol. The molecule has 0 radical (unpaired) electrons. The van der Waals surface area contributed by atoms with Crippen LogP contribution in [0.5, 0.6) is 0 Å². The van der Waals surface area contributed by atoms with Gasteiger partial charge in [-0.05, 0) is 48.6 Å². The smallest absolute Gasteiger partial charge is 0.175 e. The fourth-order valence-electron chi connectivity index (χ4n) is 1.67. The Balaban J connectivity index is 3.50. The third kappa shape index (κ3) is 2.59. The second-order valence-electron chi connectivity index (χ2n) is 4.38. The topological polar surface area (TPSA) is 34.1 Å². The third-order valence-electron chi connectivity index (χ3n) is 2.73. The summed E-state index contributed by atoms with van der Waals surface area (Å²) >= 11 is 0. The van der Waals surface area contributed by atoms with Crippen LogP contribution in [0.2, 0.25) is 0 Å². The molecule has 84 valence electrons. The third-order valence-corrected chi connectivity index (χ3v) is 3.82. The molecule has 0 amide bonds. The number of hydrogen-bond donors (Lipinski definition) is 0. The van der Waals surface area contributed by atoms with Crippen molar-refractivity contribution in [2.24, 2.45) is 0 Å². The molecule has 0 heterocycles. The zero-order valence-electron chi connectivity index (χ0n) is 9.96. The van der Waals surface area contributed by atoms with Crippen LogP contribution in [0.4, 0.5) is 0 Å². The Morgan fingerprint density at radius 1 is 1.13 bits per heavy atom. The van der Waals surface area contributed by atoms with Crippen molar-refractivity contribution >= 4 is 9.84 Å². The lowest BCUT2D eigenvalue weighted by atomic mass is 9.95. The van der Waals surface area contributed by atoms with Crippen molar-refractivity contribution in [2.75, 3.05) is 6.26 Å². The zero-order chi connectivity index (χ0) is 11.8. The van der Waals surface area contributed by atoms with Gasteiger partial charge in [0.15, 0.2) is 9.84 Å². The summed E-state index contributed by atoms with van der Waals surface area (Å²) in [5.74, 6) is 0.352. The fourth-order valence-corrected chi connectivity index (χ4v) is 2.40. The molecule has 0 aromatic heterocycles. The van der Waals surface area contributed by atoms with Crippen LogP contribution < -0.4 is 0 Å². The molecule has 1 aromatic rings. The quantitative estimate of drug-likeness (QED) is 0.777. The number of aryl methyl sites for hydroxylation is 1. The molecule has 0 aliphatic heterocycles. The van der Waals surface area contributed by atoms with Crippen LogP contribution in [0.15, 0.2) is 17.0 Å². The normalized spacial score (nSPS) is 12.1. The Labute approximate surface area is 92.2 Å². The lowest BCUT2D eigenvalue weighted by molar-refractivity contribution is 0.601. The van der Waals surface area contributed by atoms with Crippen LogP contribution in [0.25, 0.3) is 0 Å². The second kappa shape index (κ2) is 3.97. The monoisotopic (exact) mass is 226 g/mol. The van der Waals surface area contributed by atoms with Gasteiger partial charge in [-0.15, -0.1) is 0 Å². The Bertz CT molecular complexity index is 471. The summed E-state index contributed by atoms with van der Waals surface area (Å²) in [6.07, 6.45) is 1.25. The molecule has 1 aromatic carbocycles. The molecule has 0 unspecified atom stereocenters. The second-order valence-corrected chi connectivity index (χ2v) is 6.40. The Kier molecular flexibility index (Phi) is 3.24. The van der Waals surface area contributed by atoms with Crippen molar-refractivity contribution in [3.8, 4) is 0 Å². The SMILES string of the molecule is Cc1cc(S(C)(=O)=O)cc(C(C)C)c1C. The maximum absolute atomic E-state index is 11.5. The lowest BCUT2D eigenvalue weighted by Crippen LogP contribution is -2.02. The van der Waals surface area contributed by atoms with E-state index in [-0.39, 0.29) is 0 Å². The van der Waals surface area contributed by atoms with Gasteiger partial charge in [0, 0.05) is 6.26 Å². The highest BCUT2D eigenvalue weighted by Gasteiger charge is 2.13. The lowest BCUT2D eigenvalue weighted by Gasteiger charge is -2.14. The molecule has 0 fully saturated rings. The summed E-state index contributed by atoms with van der Waals surface area (Å²) in [6.45, 7) is 8.15. The van der Waals surface area contributed by atoms with Crippen molar-refractivity contribution in [3.05, 3.63) is 28.8 Å². The van der Waals surface area contributed by atoms with Gasteiger partial charge >= 0.3 is 0 Å². The van der Waals surface area contributed by atoms with Crippen LogP contribution in [0.1, 0.15) is 36.5 Å². The summed E-state index contributed by atoms with van der Waals surface area (Å²) in [4.78, 5) is 0.425. The van der Waals surface area contributed by atoms with Crippen molar-refractivity contribution in [1.29, 1.82) is 0 Å². The Morgan fingerprint density at radius 3 is 2.07 bits per heavy atom. The van der Waals surface area contributed by atoms with E-state index in [1.54, 1.807) is 12.1 Å². The number of benzene rings is 1. The zero-order valence-corrected chi connectivity index (χ0v) is 10.8. The van der Waals surface area contributed by atoms with E-state index < -0.39 is 9.84 Å². The first-order valence-corrected chi connectivity index (χ1v) is 6.94. The van der Waals surface area contributed by atoms with Crippen molar-refractivity contribution in [1.82, 2.24) is 0 Å². The van der Waals surface area contributed by atoms with E-state index in [1.807, 2.05) is 13.8 Å². The first-order valence-electron chi connectivity index (χ1n) is 5.04. The minimum atomic E-state index is -3.10. The van der Waals surface area contributed by atoms with Gasteiger partial charge in [-0.2, -0.15) is 0 Å². The van der Waals surface area contributed by atoms with E-state index >= 15 is 0 Å². The molecule has 0 aliphatic rings. The van der Waals surface area contributed by atoms with Crippen LogP contribution in [-0.4, -0.2) is 14.7 Å².